The highest BCUT2D eigenvalue weighted by Crippen LogP contribution is 2.11. The van der Waals surface area contributed by atoms with Gasteiger partial charge in [-0.05, 0) is 103 Å². The Morgan fingerprint density at radius 3 is 1.15 bits per heavy atom. The van der Waals surface area contributed by atoms with E-state index < -0.39 is 12.1 Å². The van der Waals surface area contributed by atoms with Crippen LogP contribution in [0, 0.1) is 0 Å². The molecule has 0 fully saturated rings. The average Bonchev–Trinajstić information content (AvgIpc) is 3.34. The molecule has 0 aromatic rings. The largest absolute Gasteiger partial charge is 0.462 e. The normalized spacial score (nSPS) is 13.5. The fraction of sp³-hybridized carbons (Fsp3) is 0.500. The van der Waals surface area contributed by atoms with Crippen molar-refractivity contribution in [3.63, 3.8) is 0 Å². The second kappa shape index (κ2) is 54.4. The summed E-state index contributed by atoms with van der Waals surface area (Å²) in [4.78, 5) is 38.0. The standard InChI is InChI=1S/C62H92O6/c1-4-7-10-13-16-19-22-25-27-29-31-33-35-37-40-43-46-49-52-55-61(64)67-58-59(57-66-60(63)54-51-48-45-42-39-24-21-18-15-12-9-6-3)68-62(65)56-53-50-47-44-41-38-36-34-32-30-28-26-23-20-17-14-11-8-5-2/h7-8,10-11,13,16-22,25-29,31-35,37-38,40-41,47,50,59H,4-6,9,12,14-15,23-24,30,36,39,42-46,48-49,51-58H2,1-3H3/b10-7-,11-8-,16-13-,20-17-,21-18-,22-19-,27-25-,28-26-,31-29+,34-32-,35-33-,40-37-,41-38-,50-47-. The van der Waals surface area contributed by atoms with Crippen LogP contribution in [0.5, 0.6) is 0 Å². The fourth-order valence-corrected chi connectivity index (χ4v) is 6.27. The summed E-state index contributed by atoms with van der Waals surface area (Å²) in [5.41, 5.74) is 0. The van der Waals surface area contributed by atoms with E-state index >= 15 is 0 Å². The first-order valence-corrected chi connectivity index (χ1v) is 26.2. The Kier molecular flexibility index (Phi) is 50.2. The van der Waals surface area contributed by atoms with E-state index in [1.54, 1.807) is 0 Å². The predicted molar refractivity (Wildman–Crippen MR) is 292 cm³/mol. The van der Waals surface area contributed by atoms with Crippen LogP contribution in [0.1, 0.15) is 181 Å². The van der Waals surface area contributed by atoms with Crippen molar-refractivity contribution in [1.29, 1.82) is 0 Å². The number of hydrogen-bond acceptors (Lipinski definition) is 6. The third kappa shape index (κ3) is 51.7. The van der Waals surface area contributed by atoms with Crippen molar-refractivity contribution in [3.8, 4) is 0 Å². The minimum Gasteiger partial charge on any atom is -0.462 e. The zero-order valence-electron chi connectivity index (χ0n) is 42.8. The Hall–Kier alpha value is -5.23. The molecule has 0 radical (unpaired) electrons. The van der Waals surface area contributed by atoms with Gasteiger partial charge < -0.3 is 14.2 Å². The summed E-state index contributed by atoms with van der Waals surface area (Å²) < 4.78 is 16.7. The van der Waals surface area contributed by atoms with Gasteiger partial charge in [0.1, 0.15) is 13.2 Å². The van der Waals surface area contributed by atoms with E-state index in [-0.39, 0.29) is 38.0 Å². The first kappa shape index (κ1) is 62.8. The molecule has 68 heavy (non-hydrogen) atoms. The first-order valence-electron chi connectivity index (χ1n) is 26.2. The highest BCUT2D eigenvalue weighted by atomic mass is 16.6. The first-order chi connectivity index (χ1) is 33.5. The lowest BCUT2D eigenvalue weighted by Crippen LogP contribution is -2.30. The van der Waals surface area contributed by atoms with Gasteiger partial charge in [0.2, 0.25) is 0 Å². The Morgan fingerprint density at radius 1 is 0.324 bits per heavy atom. The van der Waals surface area contributed by atoms with Crippen LogP contribution in [0.4, 0.5) is 0 Å². The maximum absolute atomic E-state index is 12.8. The molecule has 0 aromatic heterocycles. The zero-order valence-corrected chi connectivity index (χ0v) is 42.8. The van der Waals surface area contributed by atoms with Crippen LogP contribution < -0.4 is 0 Å². The number of hydrogen-bond donors (Lipinski definition) is 0. The van der Waals surface area contributed by atoms with Gasteiger partial charge in [0.15, 0.2) is 6.10 Å². The molecule has 6 heteroatoms. The molecule has 0 saturated carbocycles. The minimum atomic E-state index is -0.850. The van der Waals surface area contributed by atoms with Gasteiger partial charge in [-0.1, -0.05) is 229 Å². The van der Waals surface area contributed by atoms with Crippen molar-refractivity contribution in [2.24, 2.45) is 0 Å². The van der Waals surface area contributed by atoms with E-state index in [0.29, 0.717) is 19.3 Å². The molecule has 0 aromatic carbocycles. The highest BCUT2D eigenvalue weighted by molar-refractivity contribution is 5.71. The van der Waals surface area contributed by atoms with Crippen molar-refractivity contribution in [2.45, 2.75) is 187 Å². The second-order valence-corrected chi connectivity index (χ2v) is 16.5. The summed E-state index contributed by atoms with van der Waals surface area (Å²) in [5, 5.41) is 0. The average molecular weight is 933 g/mol. The second-order valence-electron chi connectivity index (χ2n) is 16.5. The van der Waals surface area contributed by atoms with Crippen molar-refractivity contribution < 1.29 is 28.6 Å². The fourth-order valence-electron chi connectivity index (χ4n) is 6.27. The molecule has 0 amide bonds. The number of carbonyl (C=O) groups excluding carboxylic acids is 3. The molecule has 6 nitrogen and oxygen atoms in total. The number of rotatable bonds is 44. The summed E-state index contributed by atoms with van der Waals surface area (Å²) in [7, 11) is 0. The third-order valence-electron chi connectivity index (χ3n) is 10.1. The number of esters is 3. The van der Waals surface area contributed by atoms with Crippen molar-refractivity contribution >= 4 is 17.9 Å². The van der Waals surface area contributed by atoms with E-state index in [1.165, 1.54) is 32.1 Å². The van der Waals surface area contributed by atoms with Crippen LogP contribution in [0.2, 0.25) is 0 Å². The molecule has 0 aliphatic rings. The van der Waals surface area contributed by atoms with Crippen molar-refractivity contribution in [1.82, 2.24) is 0 Å². The Bertz CT molecular complexity index is 1640. The van der Waals surface area contributed by atoms with Crippen LogP contribution in [0.15, 0.2) is 170 Å². The van der Waals surface area contributed by atoms with E-state index in [2.05, 4.69) is 106 Å². The van der Waals surface area contributed by atoms with Crippen molar-refractivity contribution in [3.05, 3.63) is 170 Å². The topological polar surface area (TPSA) is 78.9 Å². The highest BCUT2D eigenvalue weighted by Gasteiger charge is 2.19. The van der Waals surface area contributed by atoms with Gasteiger partial charge in [0.25, 0.3) is 0 Å². The molecule has 0 N–H and O–H groups in total. The molecule has 1 unspecified atom stereocenters. The molecule has 0 bridgehead atoms. The van der Waals surface area contributed by atoms with Crippen LogP contribution in [-0.4, -0.2) is 37.2 Å². The van der Waals surface area contributed by atoms with Gasteiger partial charge in [-0.2, -0.15) is 0 Å². The van der Waals surface area contributed by atoms with E-state index in [9.17, 15) is 14.4 Å². The number of carbonyl (C=O) groups is 3. The lowest BCUT2D eigenvalue weighted by molar-refractivity contribution is -0.166. The summed E-state index contributed by atoms with van der Waals surface area (Å²) >= 11 is 0. The van der Waals surface area contributed by atoms with E-state index in [0.717, 1.165) is 96.3 Å². The molecular formula is C62H92O6. The van der Waals surface area contributed by atoms with E-state index in [4.69, 9.17) is 14.2 Å². The Balaban J connectivity index is 4.66. The number of allylic oxidation sites excluding steroid dienone is 28. The van der Waals surface area contributed by atoms with Crippen molar-refractivity contribution in [2.75, 3.05) is 13.2 Å². The van der Waals surface area contributed by atoms with Crippen LogP contribution in [0.3, 0.4) is 0 Å². The summed E-state index contributed by atoms with van der Waals surface area (Å²) in [5.74, 6) is -1.09. The maximum atomic E-state index is 12.8. The Morgan fingerprint density at radius 2 is 0.676 bits per heavy atom. The van der Waals surface area contributed by atoms with Crippen LogP contribution in [0.25, 0.3) is 0 Å². The minimum absolute atomic E-state index is 0.137. The monoisotopic (exact) mass is 933 g/mol. The SMILES string of the molecule is CC\C=C/C=C\C=C/C=C\C=C\C=C/C=C\CCCCCC(=O)OCC(COC(=O)CCCCCCC/C=C\CCCCC)OC(=O)CC/C=C\C/C=C\C/C=C\C/C=C\C/C=C\C/C=C\CC. The summed E-state index contributed by atoms with van der Waals surface area (Å²) in [6.07, 6.45) is 80.6. The molecule has 0 aliphatic heterocycles. The quantitative estimate of drug-likeness (QED) is 0.0199. The molecule has 0 aliphatic carbocycles. The van der Waals surface area contributed by atoms with Gasteiger partial charge in [0.05, 0.1) is 0 Å². The van der Waals surface area contributed by atoms with Gasteiger partial charge in [-0.3, -0.25) is 14.4 Å². The molecule has 1 atom stereocenters. The molecule has 376 valence electrons. The zero-order chi connectivity index (χ0) is 49.3. The summed E-state index contributed by atoms with van der Waals surface area (Å²) in [6, 6.07) is 0. The molecule has 0 spiro atoms. The van der Waals surface area contributed by atoms with Gasteiger partial charge in [0, 0.05) is 19.3 Å². The Labute approximate surface area is 415 Å². The smallest absolute Gasteiger partial charge is 0.306 e. The van der Waals surface area contributed by atoms with Gasteiger partial charge in [-0.15, -0.1) is 0 Å². The maximum Gasteiger partial charge on any atom is 0.306 e. The molecule has 0 saturated heterocycles. The lowest BCUT2D eigenvalue weighted by Gasteiger charge is -2.18. The molecule has 0 heterocycles. The third-order valence-corrected chi connectivity index (χ3v) is 10.1. The summed E-state index contributed by atoms with van der Waals surface area (Å²) in [6.45, 7) is 6.21. The predicted octanol–water partition coefficient (Wildman–Crippen LogP) is 17.6. The molecular weight excluding hydrogens is 841 g/mol. The van der Waals surface area contributed by atoms with Gasteiger partial charge >= 0.3 is 17.9 Å². The lowest BCUT2D eigenvalue weighted by atomic mass is 10.1. The number of unbranched alkanes of at least 4 members (excludes halogenated alkanes) is 11. The number of ether oxygens (including phenoxy) is 3. The van der Waals surface area contributed by atoms with Crippen LogP contribution in [-0.2, 0) is 28.6 Å². The molecule has 0 rings (SSSR count). The van der Waals surface area contributed by atoms with Gasteiger partial charge in [-0.25, -0.2) is 0 Å². The van der Waals surface area contributed by atoms with E-state index in [1.807, 2.05) is 85.1 Å². The van der Waals surface area contributed by atoms with Crippen LogP contribution >= 0.6 is 0 Å².